The number of carboxylic acid groups (broad SMARTS) is 1. The van der Waals surface area contributed by atoms with Crippen LogP contribution in [0, 0.1) is 11.8 Å². The van der Waals surface area contributed by atoms with Crippen LogP contribution in [-0.2, 0) is 9.53 Å². The summed E-state index contributed by atoms with van der Waals surface area (Å²) >= 11 is 0. The Balaban J connectivity index is 1.98. The van der Waals surface area contributed by atoms with Crippen molar-refractivity contribution in [2.24, 2.45) is 11.8 Å². The summed E-state index contributed by atoms with van der Waals surface area (Å²) in [5, 5.41) is 9.21. The molecule has 2 fully saturated rings. The number of urea groups is 1. The molecule has 0 aromatic heterocycles. The minimum Gasteiger partial charge on any atom is -0.481 e. The van der Waals surface area contributed by atoms with Gasteiger partial charge in [-0.2, -0.15) is 0 Å². The highest BCUT2D eigenvalue weighted by molar-refractivity contribution is 5.77. The van der Waals surface area contributed by atoms with Crippen molar-refractivity contribution in [3.63, 3.8) is 0 Å². The predicted molar refractivity (Wildman–Crippen MR) is 73.5 cm³/mol. The summed E-state index contributed by atoms with van der Waals surface area (Å²) in [6.45, 7) is 3.66. The number of likely N-dealkylation sites (N-methyl/N-ethyl adjacent to an activating group) is 1. The molecule has 2 rings (SSSR count). The van der Waals surface area contributed by atoms with Gasteiger partial charge in [0.05, 0.1) is 19.3 Å². The van der Waals surface area contributed by atoms with E-state index in [1.165, 1.54) is 19.3 Å². The number of hydrogen-bond donors (Lipinski definition) is 1. The minimum absolute atomic E-state index is 0.0823. The SMILES string of the molecule is CCN(C(=O)N(C)CC1CCC1)C1COCC1C(=O)O. The zero-order valence-corrected chi connectivity index (χ0v) is 12.2. The number of ether oxygens (including phenoxy) is 1. The summed E-state index contributed by atoms with van der Waals surface area (Å²) in [4.78, 5) is 27.1. The number of carbonyl (C=O) groups is 2. The van der Waals surface area contributed by atoms with Crippen LogP contribution in [0.25, 0.3) is 0 Å². The molecule has 1 N–H and O–H groups in total. The van der Waals surface area contributed by atoms with Gasteiger partial charge in [-0.3, -0.25) is 4.79 Å². The molecule has 2 aliphatic rings. The van der Waals surface area contributed by atoms with Gasteiger partial charge in [0, 0.05) is 20.1 Å². The van der Waals surface area contributed by atoms with E-state index in [4.69, 9.17) is 4.74 Å². The highest BCUT2D eigenvalue weighted by Gasteiger charge is 2.40. The standard InChI is InChI=1S/C14H24N2O4/c1-3-16(12-9-20-8-11(12)13(17)18)14(19)15(2)7-10-5-4-6-10/h10-12H,3-9H2,1-2H3,(H,17,18). The second kappa shape index (κ2) is 6.43. The third-order valence-corrected chi connectivity index (χ3v) is 4.44. The second-order valence-corrected chi connectivity index (χ2v) is 5.80. The summed E-state index contributed by atoms with van der Waals surface area (Å²) in [6, 6.07) is -0.435. The number of rotatable bonds is 5. The summed E-state index contributed by atoms with van der Waals surface area (Å²) in [7, 11) is 1.80. The number of hydrogen-bond acceptors (Lipinski definition) is 3. The lowest BCUT2D eigenvalue weighted by Crippen LogP contribution is -2.51. The number of carbonyl (C=O) groups excluding carboxylic acids is 1. The first-order chi connectivity index (χ1) is 9.54. The predicted octanol–water partition coefficient (Wildman–Crippen LogP) is 1.26. The second-order valence-electron chi connectivity index (χ2n) is 5.80. The van der Waals surface area contributed by atoms with Crippen LogP contribution < -0.4 is 0 Å². The number of aliphatic carboxylic acids is 1. The highest BCUT2D eigenvalue weighted by Crippen LogP contribution is 2.27. The van der Waals surface area contributed by atoms with E-state index in [1.54, 1.807) is 16.8 Å². The van der Waals surface area contributed by atoms with Gasteiger partial charge in [0.1, 0.15) is 5.92 Å². The molecule has 6 heteroatoms. The molecule has 1 saturated carbocycles. The van der Waals surface area contributed by atoms with Gasteiger partial charge >= 0.3 is 12.0 Å². The summed E-state index contributed by atoms with van der Waals surface area (Å²) in [5.41, 5.74) is 0. The molecule has 2 atom stereocenters. The Morgan fingerprint density at radius 2 is 2.00 bits per heavy atom. The van der Waals surface area contributed by atoms with E-state index < -0.39 is 11.9 Å². The molecule has 114 valence electrons. The van der Waals surface area contributed by atoms with Crippen LogP contribution in [0.1, 0.15) is 26.2 Å². The molecule has 0 aromatic rings. The number of amides is 2. The van der Waals surface area contributed by atoms with Gasteiger partial charge in [-0.25, -0.2) is 4.79 Å². The van der Waals surface area contributed by atoms with Gasteiger partial charge in [0.25, 0.3) is 0 Å². The number of carboxylic acids is 1. The van der Waals surface area contributed by atoms with E-state index in [0.717, 1.165) is 6.54 Å². The molecule has 6 nitrogen and oxygen atoms in total. The van der Waals surface area contributed by atoms with E-state index in [1.807, 2.05) is 6.92 Å². The van der Waals surface area contributed by atoms with E-state index >= 15 is 0 Å². The molecule has 0 bridgehead atoms. The lowest BCUT2D eigenvalue weighted by Gasteiger charge is -2.36. The molecule has 0 radical (unpaired) electrons. The van der Waals surface area contributed by atoms with E-state index in [2.05, 4.69) is 0 Å². The molecule has 1 heterocycles. The first-order valence-corrected chi connectivity index (χ1v) is 7.36. The van der Waals surface area contributed by atoms with Crippen LogP contribution in [0.15, 0.2) is 0 Å². The van der Waals surface area contributed by atoms with Crippen molar-refractivity contribution < 1.29 is 19.4 Å². The topological polar surface area (TPSA) is 70.1 Å². The van der Waals surface area contributed by atoms with Gasteiger partial charge in [-0.1, -0.05) is 6.42 Å². The smallest absolute Gasteiger partial charge is 0.320 e. The first kappa shape index (κ1) is 15.1. The van der Waals surface area contributed by atoms with Gasteiger partial charge in [-0.05, 0) is 25.7 Å². The Morgan fingerprint density at radius 1 is 1.30 bits per heavy atom. The molecule has 0 aromatic carbocycles. The van der Waals surface area contributed by atoms with Crippen molar-refractivity contribution in [1.82, 2.24) is 9.80 Å². The molecular formula is C14H24N2O4. The summed E-state index contributed by atoms with van der Waals surface area (Å²) in [5.74, 6) is -0.894. The van der Waals surface area contributed by atoms with Crippen LogP contribution in [0.5, 0.6) is 0 Å². The van der Waals surface area contributed by atoms with Crippen molar-refractivity contribution in [3.05, 3.63) is 0 Å². The third kappa shape index (κ3) is 3.06. The van der Waals surface area contributed by atoms with E-state index in [0.29, 0.717) is 19.1 Å². The average molecular weight is 284 g/mol. The average Bonchev–Trinajstić information content (AvgIpc) is 2.83. The molecule has 1 aliphatic heterocycles. The summed E-state index contributed by atoms with van der Waals surface area (Å²) < 4.78 is 5.26. The maximum absolute atomic E-state index is 12.5. The number of nitrogens with zero attached hydrogens (tertiary/aromatic N) is 2. The van der Waals surface area contributed by atoms with Crippen molar-refractivity contribution in [3.8, 4) is 0 Å². The van der Waals surface area contributed by atoms with Crippen molar-refractivity contribution >= 4 is 12.0 Å². The Morgan fingerprint density at radius 3 is 2.50 bits per heavy atom. The normalized spacial score (nSPS) is 26.1. The van der Waals surface area contributed by atoms with Crippen LogP contribution in [-0.4, -0.2) is 66.3 Å². The molecule has 2 unspecified atom stereocenters. The van der Waals surface area contributed by atoms with Crippen molar-refractivity contribution in [2.45, 2.75) is 32.2 Å². The largest absolute Gasteiger partial charge is 0.481 e. The van der Waals surface area contributed by atoms with Gasteiger partial charge in [0.2, 0.25) is 0 Å². The minimum atomic E-state index is -0.889. The Hall–Kier alpha value is -1.30. The Bertz CT molecular complexity index is 370. The van der Waals surface area contributed by atoms with Crippen LogP contribution in [0.3, 0.4) is 0 Å². The fourth-order valence-electron chi connectivity index (χ4n) is 2.96. The molecule has 1 saturated heterocycles. The molecule has 0 spiro atoms. The fraction of sp³-hybridized carbons (Fsp3) is 0.857. The zero-order valence-electron chi connectivity index (χ0n) is 12.2. The molecule has 2 amide bonds. The van der Waals surface area contributed by atoms with Crippen LogP contribution >= 0.6 is 0 Å². The van der Waals surface area contributed by atoms with Gasteiger partial charge in [-0.15, -0.1) is 0 Å². The van der Waals surface area contributed by atoms with Crippen molar-refractivity contribution in [2.75, 3.05) is 33.4 Å². The highest BCUT2D eigenvalue weighted by atomic mass is 16.5. The van der Waals surface area contributed by atoms with Crippen molar-refractivity contribution in [1.29, 1.82) is 0 Å². The Kier molecular flexibility index (Phi) is 4.86. The van der Waals surface area contributed by atoms with E-state index in [9.17, 15) is 14.7 Å². The lowest BCUT2D eigenvalue weighted by atomic mass is 9.85. The summed E-state index contributed by atoms with van der Waals surface area (Å²) in [6.07, 6.45) is 3.63. The quantitative estimate of drug-likeness (QED) is 0.825. The van der Waals surface area contributed by atoms with Gasteiger partial charge in [0.15, 0.2) is 0 Å². The zero-order chi connectivity index (χ0) is 14.7. The monoisotopic (exact) mass is 284 g/mol. The van der Waals surface area contributed by atoms with Crippen LogP contribution in [0.2, 0.25) is 0 Å². The third-order valence-electron chi connectivity index (χ3n) is 4.44. The fourth-order valence-corrected chi connectivity index (χ4v) is 2.96. The molecule has 20 heavy (non-hydrogen) atoms. The lowest BCUT2D eigenvalue weighted by molar-refractivity contribution is -0.142. The maximum Gasteiger partial charge on any atom is 0.320 e. The molecular weight excluding hydrogens is 260 g/mol. The van der Waals surface area contributed by atoms with Gasteiger partial charge < -0.3 is 19.6 Å². The maximum atomic E-state index is 12.5. The first-order valence-electron chi connectivity index (χ1n) is 7.36. The van der Waals surface area contributed by atoms with Crippen LogP contribution in [0.4, 0.5) is 4.79 Å². The molecule has 1 aliphatic carbocycles. The van der Waals surface area contributed by atoms with E-state index in [-0.39, 0.29) is 18.7 Å². The Labute approximate surface area is 119 Å².